The number of carbonyl (C=O) groups is 2. The van der Waals surface area contributed by atoms with Gasteiger partial charge in [0, 0.05) is 45.0 Å². The number of rotatable bonds is 3. The number of hydrogen-bond donors (Lipinski definition) is 1. The Balaban J connectivity index is 1.68. The first kappa shape index (κ1) is 16.9. The number of nitrogens with one attached hydrogen (secondary N) is 1. The molecule has 1 aromatic heterocycles. The largest absolute Gasteiger partial charge is 0.339 e. The Hall–Kier alpha value is -2.96. The third-order valence-corrected chi connectivity index (χ3v) is 4.19. The van der Waals surface area contributed by atoms with E-state index in [9.17, 15) is 9.59 Å². The maximum atomic E-state index is 12.4. The van der Waals surface area contributed by atoms with E-state index in [1.54, 1.807) is 24.1 Å². The van der Waals surface area contributed by atoms with Crippen molar-refractivity contribution in [3.05, 3.63) is 47.8 Å². The maximum Gasteiger partial charge on any atom is 0.274 e. The molecule has 0 bridgehead atoms. The summed E-state index contributed by atoms with van der Waals surface area (Å²) in [5.74, 6) is 0.321. The summed E-state index contributed by atoms with van der Waals surface area (Å²) >= 11 is 0. The highest BCUT2D eigenvalue weighted by atomic mass is 16.2. The Bertz CT molecular complexity index is 767. The molecule has 0 unspecified atom stereocenters. The van der Waals surface area contributed by atoms with Crippen molar-refractivity contribution < 1.29 is 9.59 Å². The van der Waals surface area contributed by atoms with Crippen LogP contribution in [0.25, 0.3) is 0 Å². The molecule has 1 saturated heterocycles. The summed E-state index contributed by atoms with van der Waals surface area (Å²) in [5.41, 5.74) is 2.18. The van der Waals surface area contributed by atoms with Gasteiger partial charge in [0.2, 0.25) is 11.9 Å². The van der Waals surface area contributed by atoms with Crippen molar-refractivity contribution in [2.45, 2.75) is 13.8 Å². The summed E-state index contributed by atoms with van der Waals surface area (Å²) < 4.78 is 0. The number of hydrogen-bond acceptors (Lipinski definition) is 5. The standard InChI is InChI=1S/C18H21N5O2/c1-13-3-5-15(6-4-13)20-17(25)16-7-8-19-18(21-16)23-11-9-22(10-12-23)14(2)24/h3-8H,9-12H2,1-2H3,(H,20,25). The van der Waals surface area contributed by atoms with Crippen LogP contribution in [0.4, 0.5) is 11.6 Å². The second-order valence-corrected chi connectivity index (χ2v) is 6.06. The zero-order valence-corrected chi connectivity index (χ0v) is 14.4. The smallest absolute Gasteiger partial charge is 0.274 e. The van der Waals surface area contributed by atoms with Crippen molar-refractivity contribution in [3.63, 3.8) is 0 Å². The van der Waals surface area contributed by atoms with Crippen LogP contribution in [0.1, 0.15) is 23.0 Å². The van der Waals surface area contributed by atoms with Gasteiger partial charge in [-0.2, -0.15) is 0 Å². The lowest BCUT2D eigenvalue weighted by Gasteiger charge is -2.34. The lowest BCUT2D eigenvalue weighted by Crippen LogP contribution is -2.48. The molecule has 0 atom stereocenters. The minimum absolute atomic E-state index is 0.0757. The van der Waals surface area contributed by atoms with E-state index in [0.717, 1.165) is 11.3 Å². The zero-order valence-electron chi connectivity index (χ0n) is 14.4. The van der Waals surface area contributed by atoms with Crippen LogP contribution in [0.15, 0.2) is 36.5 Å². The minimum Gasteiger partial charge on any atom is -0.339 e. The monoisotopic (exact) mass is 339 g/mol. The van der Waals surface area contributed by atoms with E-state index in [1.165, 1.54) is 0 Å². The van der Waals surface area contributed by atoms with Crippen molar-refractivity contribution >= 4 is 23.5 Å². The maximum absolute atomic E-state index is 12.4. The minimum atomic E-state index is -0.269. The summed E-state index contributed by atoms with van der Waals surface area (Å²) in [6.45, 7) is 6.15. The molecule has 7 heteroatoms. The van der Waals surface area contributed by atoms with Gasteiger partial charge < -0.3 is 15.1 Å². The van der Waals surface area contributed by atoms with Gasteiger partial charge in [0.1, 0.15) is 5.69 Å². The van der Waals surface area contributed by atoms with E-state index in [-0.39, 0.29) is 11.8 Å². The van der Waals surface area contributed by atoms with Gasteiger partial charge in [-0.25, -0.2) is 9.97 Å². The number of anilines is 2. The highest BCUT2D eigenvalue weighted by molar-refractivity contribution is 6.02. The molecule has 2 amide bonds. The van der Waals surface area contributed by atoms with Gasteiger partial charge in [0.05, 0.1) is 0 Å². The van der Waals surface area contributed by atoms with Gasteiger partial charge in [-0.3, -0.25) is 9.59 Å². The first-order chi connectivity index (χ1) is 12.0. The van der Waals surface area contributed by atoms with E-state index in [0.29, 0.717) is 37.8 Å². The van der Waals surface area contributed by atoms with E-state index < -0.39 is 0 Å². The Labute approximate surface area is 146 Å². The van der Waals surface area contributed by atoms with Gasteiger partial charge in [-0.15, -0.1) is 0 Å². The number of benzene rings is 1. The molecule has 1 aliphatic heterocycles. The highest BCUT2D eigenvalue weighted by Crippen LogP contribution is 2.13. The molecule has 2 heterocycles. The predicted octanol–water partition coefficient (Wildman–Crippen LogP) is 1.71. The summed E-state index contributed by atoms with van der Waals surface area (Å²) in [4.78, 5) is 36.2. The molecule has 0 spiro atoms. The van der Waals surface area contributed by atoms with Crippen LogP contribution in [-0.2, 0) is 4.79 Å². The average Bonchev–Trinajstić information content (AvgIpc) is 2.64. The van der Waals surface area contributed by atoms with E-state index >= 15 is 0 Å². The molecule has 1 aromatic carbocycles. The molecule has 1 aliphatic rings. The summed E-state index contributed by atoms with van der Waals surface area (Å²) in [7, 11) is 0. The van der Waals surface area contributed by atoms with Gasteiger partial charge in [0.25, 0.3) is 5.91 Å². The van der Waals surface area contributed by atoms with Crippen LogP contribution in [0.3, 0.4) is 0 Å². The fourth-order valence-corrected chi connectivity index (χ4v) is 2.68. The SMILES string of the molecule is CC(=O)N1CCN(c2nccc(C(=O)Nc3ccc(C)cc3)n2)CC1. The molecule has 0 radical (unpaired) electrons. The molecule has 2 aromatic rings. The Morgan fingerprint density at radius 1 is 1.04 bits per heavy atom. The summed E-state index contributed by atoms with van der Waals surface area (Å²) in [5, 5.41) is 2.84. The second kappa shape index (κ2) is 7.29. The number of aromatic nitrogens is 2. The molecule has 0 saturated carbocycles. The first-order valence-electron chi connectivity index (χ1n) is 8.24. The normalized spacial score (nSPS) is 14.3. The van der Waals surface area contributed by atoms with Crippen LogP contribution in [0.2, 0.25) is 0 Å². The van der Waals surface area contributed by atoms with Crippen molar-refractivity contribution in [1.29, 1.82) is 0 Å². The lowest BCUT2D eigenvalue weighted by atomic mass is 10.2. The molecule has 130 valence electrons. The van der Waals surface area contributed by atoms with Gasteiger partial charge in [-0.1, -0.05) is 17.7 Å². The zero-order chi connectivity index (χ0) is 17.8. The molecule has 25 heavy (non-hydrogen) atoms. The van der Waals surface area contributed by atoms with Crippen LogP contribution < -0.4 is 10.2 Å². The Kier molecular flexibility index (Phi) is 4.92. The lowest BCUT2D eigenvalue weighted by molar-refractivity contribution is -0.129. The number of amides is 2. The number of nitrogens with zero attached hydrogens (tertiary/aromatic N) is 4. The van der Waals surface area contributed by atoms with Crippen molar-refractivity contribution in [3.8, 4) is 0 Å². The van der Waals surface area contributed by atoms with Gasteiger partial charge >= 0.3 is 0 Å². The van der Waals surface area contributed by atoms with Crippen molar-refractivity contribution in [1.82, 2.24) is 14.9 Å². The van der Waals surface area contributed by atoms with E-state index in [4.69, 9.17) is 0 Å². The van der Waals surface area contributed by atoms with Gasteiger partial charge in [-0.05, 0) is 25.1 Å². The molecule has 0 aliphatic carbocycles. The van der Waals surface area contributed by atoms with E-state index in [1.807, 2.05) is 36.1 Å². The molecular formula is C18H21N5O2. The molecule has 3 rings (SSSR count). The van der Waals surface area contributed by atoms with Crippen LogP contribution in [-0.4, -0.2) is 52.9 Å². The quantitative estimate of drug-likeness (QED) is 0.921. The van der Waals surface area contributed by atoms with Crippen molar-refractivity contribution in [2.75, 3.05) is 36.4 Å². The number of aryl methyl sites for hydroxylation is 1. The third-order valence-electron chi connectivity index (χ3n) is 4.19. The average molecular weight is 339 g/mol. The molecule has 1 N–H and O–H groups in total. The fourth-order valence-electron chi connectivity index (χ4n) is 2.68. The van der Waals surface area contributed by atoms with E-state index in [2.05, 4.69) is 15.3 Å². The topological polar surface area (TPSA) is 78.4 Å². The highest BCUT2D eigenvalue weighted by Gasteiger charge is 2.21. The number of piperazine rings is 1. The van der Waals surface area contributed by atoms with Crippen LogP contribution in [0.5, 0.6) is 0 Å². The van der Waals surface area contributed by atoms with Crippen LogP contribution >= 0.6 is 0 Å². The van der Waals surface area contributed by atoms with Gasteiger partial charge in [0.15, 0.2) is 0 Å². The van der Waals surface area contributed by atoms with Crippen molar-refractivity contribution in [2.24, 2.45) is 0 Å². The molecule has 1 fully saturated rings. The number of carbonyl (C=O) groups excluding carboxylic acids is 2. The fraction of sp³-hybridized carbons (Fsp3) is 0.333. The van der Waals surface area contributed by atoms with Crippen LogP contribution in [0, 0.1) is 6.92 Å². The predicted molar refractivity (Wildman–Crippen MR) is 95.6 cm³/mol. The third kappa shape index (κ3) is 4.12. The Morgan fingerprint density at radius 2 is 1.72 bits per heavy atom. The molecule has 7 nitrogen and oxygen atoms in total. The Morgan fingerprint density at radius 3 is 2.36 bits per heavy atom. The molecular weight excluding hydrogens is 318 g/mol. The summed E-state index contributed by atoms with van der Waals surface area (Å²) in [6.07, 6.45) is 1.59. The second-order valence-electron chi connectivity index (χ2n) is 6.06. The summed E-state index contributed by atoms with van der Waals surface area (Å²) in [6, 6.07) is 9.19. The first-order valence-corrected chi connectivity index (χ1v) is 8.24.